The van der Waals surface area contributed by atoms with Crippen LogP contribution in [0.25, 0.3) is 10.8 Å². The molecule has 0 unspecified atom stereocenters. The summed E-state index contributed by atoms with van der Waals surface area (Å²) in [5, 5.41) is 3.97. The van der Waals surface area contributed by atoms with Gasteiger partial charge in [-0.15, -0.1) is 0 Å². The van der Waals surface area contributed by atoms with Gasteiger partial charge in [0, 0.05) is 18.2 Å². The molecule has 0 radical (unpaired) electrons. The second kappa shape index (κ2) is 5.73. The van der Waals surface area contributed by atoms with Crippen molar-refractivity contribution in [2.24, 2.45) is 0 Å². The molecule has 0 spiro atoms. The van der Waals surface area contributed by atoms with Gasteiger partial charge in [0.05, 0.1) is 8.07 Å². The van der Waals surface area contributed by atoms with Crippen LogP contribution in [-0.4, -0.2) is 24.9 Å². The van der Waals surface area contributed by atoms with Gasteiger partial charge in [0.1, 0.15) is 0 Å². The molecule has 126 valence electrons. The van der Waals surface area contributed by atoms with Crippen LogP contribution in [0, 0.1) is 0 Å². The summed E-state index contributed by atoms with van der Waals surface area (Å²) < 4.78 is 0. The van der Waals surface area contributed by atoms with Crippen LogP contribution in [0.4, 0.5) is 0 Å². The summed E-state index contributed by atoms with van der Waals surface area (Å²) in [6, 6.07) is 11.4. The molecule has 2 aromatic rings. The van der Waals surface area contributed by atoms with Crippen LogP contribution in [0.3, 0.4) is 0 Å². The van der Waals surface area contributed by atoms with E-state index in [2.05, 4.69) is 54.9 Å². The molecule has 0 bridgehead atoms. The second-order valence-electron chi connectivity index (χ2n) is 8.48. The van der Waals surface area contributed by atoms with Crippen LogP contribution in [0.2, 0.25) is 19.6 Å². The summed E-state index contributed by atoms with van der Waals surface area (Å²) in [6.45, 7) is 7.92. The first-order chi connectivity index (χ1) is 11.5. The van der Waals surface area contributed by atoms with E-state index < -0.39 is 8.07 Å². The quantitative estimate of drug-likeness (QED) is 0.729. The van der Waals surface area contributed by atoms with E-state index in [-0.39, 0.29) is 0 Å². The summed E-state index contributed by atoms with van der Waals surface area (Å²) in [4.78, 5) is 15.5. The predicted octanol–water partition coefficient (Wildman–Crippen LogP) is 4.67. The highest BCUT2D eigenvalue weighted by atomic mass is 28.3. The minimum atomic E-state index is -1.62. The molecule has 3 heteroatoms. The zero-order chi connectivity index (χ0) is 16.9. The average molecular weight is 338 g/mol. The van der Waals surface area contributed by atoms with Crippen molar-refractivity contribution in [3.8, 4) is 0 Å². The molecule has 1 heterocycles. The SMILES string of the molecule is C[Si](C)(C)c1c2c(cc3ccccc13)CN(C1CCCCC1)C2=O. The number of rotatable bonds is 2. The first-order valence-electron chi connectivity index (χ1n) is 9.33. The Hall–Kier alpha value is -1.61. The molecule has 0 N–H and O–H groups in total. The van der Waals surface area contributed by atoms with E-state index in [1.165, 1.54) is 53.6 Å². The van der Waals surface area contributed by atoms with Crippen LogP contribution in [0.5, 0.6) is 0 Å². The summed E-state index contributed by atoms with van der Waals surface area (Å²) in [5.74, 6) is 0.306. The number of hydrogen-bond donors (Lipinski definition) is 0. The number of hydrogen-bond acceptors (Lipinski definition) is 1. The molecule has 1 amide bonds. The standard InChI is InChI=1S/C21H27NOSi/c1-24(2,3)20-18-12-8-7-9-15(18)13-16-14-22(21(23)19(16)20)17-10-5-4-6-11-17/h7-9,12-13,17H,4-6,10-11,14H2,1-3H3. The van der Waals surface area contributed by atoms with Gasteiger partial charge in [-0.25, -0.2) is 0 Å². The molecular weight excluding hydrogens is 310 g/mol. The molecule has 0 atom stereocenters. The molecule has 1 aliphatic heterocycles. The number of amides is 1. The first-order valence-corrected chi connectivity index (χ1v) is 12.8. The Morgan fingerprint density at radius 2 is 1.75 bits per heavy atom. The highest BCUT2D eigenvalue weighted by molar-refractivity contribution is 6.91. The molecule has 1 aliphatic carbocycles. The Balaban J connectivity index is 1.87. The average Bonchev–Trinajstić information content (AvgIpc) is 2.89. The van der Waals surface area contributed by atoms with Crippen molar-refractivity contribution in [2.45, 2.75) is 64.3 Å². The third kappa shape index (κ3) is 2.50. The van der Waals surface area contributed by atoms with Crippen molar-refractivity contribution in [3.05, 3.63) is 41.5 Å². The summed E-state index contributed by atoms with van der Waals surface area (Å²) in [7, 11) is -1.62. The van der Waals surface area contributed by atoms with Gasteiger partial charge in [-0.3, -0.25) is 4.79 Å². The van der Waals surface area contributed by atoms with Gasteiger partial charge in [0.25, 0.3) is 5.91 Å². The van der Waals surface area contributed by atoms with Crippen molar-refractivity contribution in [3.63, 3.8) is 0 Å². The normalized spacial score (nSPS) is 19.1. The Morgan fingerprint density at radius 1 is 1.04 bits per heavy atom. The molecule has 0 saturated heterocycles. The molecule has 1 saturated carbocycles. The fourth-order valence-corrected chi connectivity index (χ4v) is 6.69. The van der Waals surface area contributed by atoms with E-state index in [0.717, 1.165) is 12.1 Å². The number of fused-ring (bicyclic) bond motifs is 2. The van der Waals surface area contributed by atoms with Crippen molar-refractivity contribution < 1.29 is 4.79 Å². The minimum absolute atomic E-state index is 0.306. The lowest BCUT2D eigenvalue weighted by molar-refractivity contribution is 0.0661. The maximum atomic E-state index is 13.4. The number of carbonyl (C=O) groups excluding carboxylic acids is 1. The van der Waals surface area contributed by atoms with Gasteiger partial charge >= 0.3 is 0 Å². The van der Waals surface area contributed by atoms with Crippen LogP contribution in [-0.2, 0) is 6.54 Å². The lowest BCUT2D eigenvalue weighted by Crippen LogP contribution is -2.44. The van der Waals surface area contributed by atoms with E-state index in [9.17, 15) is 4.79 Å². The van der Waals surface area contributed by atoms with Gasteiger partial charge in [-0.2, -0.15) is 0 Å². The second-order valence-corrected chi connectivity index (χ2v) is 13.5. The van der Waals surface area contributed by atoms with Crippen LogP contribution in [0.15, 0.2) is 30.3 Å². The fourth-order valence-electron chi connectivity index (χ4n) is 4.64. The Morgan fingerprint density at radius 3 is 2.46 bits per heavy atom. The Bertz CT molecular complexity index is 799. The Kier molecular flexibility index (Phi) is 3.79. The number of carbonyl (C=O) groups is 1. The highest BCUT2D eigenvalue weighted by Crippen LogP contribution is 2.33. The van der Waals surface area contributed by atoms with Gasteiger partial charge in [0.15, 0.2) is 0 Å². The zero-order valence-corrected chi connectivity index (χ0v) is 16.1. The van der Waals surface area contributed by atoms with E-state index in [1.807, 2.05) is 0 Å². The van der Waals surface area contributed by atoms with Crippen LogP contribution < -0.4 is 5.19 Å². The van der Waals surface area contributed by atoms with Crippen molar-refractivity contribution in [2.75, 3.05) is 0 Å². The molecular formula is C21H27NOSi. The summed E-state index contributed by atoms with van der Waals surface area (Å²) >= 11 is 0. The smallest absolute Gasteiger partial charge is 0.254 e. The summed E-state index contributed by atoms with van der Waals surface area (Å²) in [6.07, 6.45) is 6.24. The lowest BCUT2D eigenvalue weighted by Gasteiger charge is -2.31. The molecule has 24 heavy (non-hydrogen) atoms. The van der Waals surface area contributed by atoms with E-state index >= 15 is 0 Å². The summed E-state index contributed by atoms with van der Waals surface area (Å²) in [5.41, 5.74) is 2.32. The van der Waals surface area contributed by atoms with Crippen molar-refractivity contribution in [1.29, 1.82) is 0 Å². The molecule has 0 aromatic heterocycles. The number of benzene rings is 2. The Labute approximate surface area is 145 Å². The van der Waals surface area contributed by atoms with E-state index in [1.54, 1.807) is 0 Å². The molecule has 4 rings (SSSR count). The monoisotopic (exact) mass is 337 g/mol. The van der Waals surface area contributed by atoms with Crippen molar-refractivity contribution in [1.82, 2.24) is 4.90 Å². The lowest BCUT2D eigenvalue weighted by atomic mass is 9.94. The van der Waals surface area contributed by atoms with Crippen LogP contribution in [0.1, 0.15) is 48.0 Å². The zero-order valence-electron chi connectivity index (χ0n) is 15.1. The van der Waals surface area contributed by atoms with Gasteiger partial charge in [-0.1, -0.05) is 63.2 Å². The maximum Gasteiger partial charge on any atom is 0.254 e. The fraction of sp³-hybridized carbons (Fsp3) is 0.476. The van der Waals surface area contributed by atoms with Crippen molar-refractivity contribution >= 4 is 29.9 Å². The largest absolute Gasteiger partial charge is 0.331 e. The molecule has 1 fully saturated rings. The van der Waals surface area contributed by atoms with Gasteiger partial charge in [0.2, 0.25) is 0 Å². The molecule has 2 aromatic carbocycles. The minimum Gasteiger partial charge on any atom is -0.331 e. The third-order valence-electron chi connectivity index (χ3n) is 5.71. The third-order valence-corrected chi connectivity index (χ3v) is 7.73. The van der Waals surface area contributed by atoms with E-state index in [4.69, 9.17) is 0 Å². The number of nitrogens with zero attached hydrogens (tertiary/aromatic N) is 1. The van der Waals surface area contributed by atoms with Gasteiger partial charge < -0.3 is 4.90 Å². The van der Waals surface area contributed by atoms with Crippen LogP contribution >= 0.6 is 0 Å². The topological polar surface area (TPSA) is 20.3 Å². The van der Waals surface area contributed by atoms with E-state index in [0.29, 0.717) is 11.9 Å². The maximum absolute atomic E-state index is 13.4. The molecule has 2 aliphatic rings. The molecule has 2 nitrogen and oxygen atoms in total. The first kappa shape index (κ1) is 15.9. The highest BCUT2D eigenvalue weighted by Gasteiger charge is 2.38. The predicted molar refractivity (Wildman–Crippen MR) is 104 cm³/mol. The van der Waals surface area contributed by atoms with Gasteiger partial charge in [-0.05, 0) is 40.4 Å².